The molecule has 10 heteroatoms. The van der Waals surface area contributed by atoms with E-state index in [4.69, 9.17) is 16.3 Å². The van der Waals surface area contributed by atoms with Crippen LogP contribution in [0, 0.1) is 0 Å². The van der Waals surface area contributed by atoms with Gasteiger partial charge in [-0.1, -0.05) is 30.8 Å². The van der Waals surface area contributed by atoms with Crippen molar-refractivity contribution in [1.82, 2.24) is 4.90 Å². The second-order valence-electron chi connectivity index (χ2n) is 10.1. The Bertz CT molecular complexity index is 1250. The molecule has 6 nitrogen and oxygen atoms in total. The van der Waals surface area contributed by atoms with Crippen LogP contribution in [0.2, 0.25) is 0 Å². The van der Waals surface area contributed by atoms with Crippen LogP contribution in [-0.2, 0) is 19.4 Å². The van der Waals surface area contributed by atoms with Crippen LogP contribution in [0.15, 0.2) is 66.1 Å². The standard InChI is InChI=1S/C27H30ClF2NO5S/c1-4-25(2,3)36-24(32)26(15-17-31(18-16-26)21-9-10-21)37(33,34)23-13-7-20(8-14-23)19-5-11-22(12-6-19)35-27(28,29)30/h4-8,11-14,21H,1,9-10,15-18H2,2-3H3. The third-order valence-corrected chi connectivity index (χ3v) is 9.56. The zero-order valence-electron chi connectivity index (χ0n) is 20.8. The Balaban J connectivity index is 1.61. The van der Waals surface area contributed by atoms with E-state index in [0.29, 0.717) is 30.3 Å². The van der Waals surface area contributed by atoms with Gasteiger partial charge in [0.05, 0.1) is 4.90 Å². The molecule has 0 N–H and O–H groups in total. The Kier molecular flexibility index (Phi) is 7.44. The number of piperidine rings is 1. The van der Waals surface area contributed by atoms with E-state index < -0.39 is 31.7 Å². The van der Waals surface area contributed by atoms with Gasteiger partial charge >= 0.3 is 11.5 Å². The second-order valence-corrected chi connectivity index (χ2v) is 12.8. The number of hydrogen-bond donors (Lipinski definition) is 0. The minimum absolute atomic E-state index is 0.0196. The van der Waals surface area contributed by atoms with Gasteiger partial charge in [0.1, 0.15) is 11.4 Å². The van der Waals surface area contributed by atoms with E-state index in [1.54, 1.807) is 38.1 Å². The van der Waals surface area contributed by atoms with Crippen molar-refractivity contribution >= 4 is 27.4 Å². The molecule has 0 unspecified atom stereocenters. The van der Waals surface area contributed by atoms with Crippen LogP contribution in [0.25, 0.3) is 11.1 Å². The Morgan fingerprint density at radius 3 is 2.03 bits per heavy atom. The highest BCUT2D eigenvalue weighted by Crippen LogP contribution is 2.41. The highest BCUT2D eigenvalue weighted by atomic mass is 35.5. The first kappa shape index (κ1) is 27.5. The lowest BCUT2D eigenvalue weighted by molar-refractivity contribution is -0.157. The van der Waals surface area contributed by atoms with Crippen LogP contribution in [-0.4, -0.2) is 54.3 Å². The van der Waals surface area contributed by atoms with Gasteiger partial charge in [0.15, 0.2) is 14.6 Å². The van der Waals surface area contributed by atoms with E-state index in [-0.39, 0.29) is 23.5 Å². The van der Waals surface area contributed by atoms with Gasteiger partial charge in [-0.25, -0.2) is 8.42 Å². The van der Waals surface area contributed by atoms with Crippen molar-refractivity contribution in [2.24, 2.45) is 0 Å². The molecule has 1 aliphatic heterocycles. The largest absolute Gasteiger partial charge is 0.487 e. The highest BCUT2D eigenvalue weighted by molar-refractivity contribution is 7.93. The Hall–Kier alpha value is -2.49. The summed E-state index contributed by atoms with van der Waals surface area (Å²) in [6.07, 6.45) is 3.95. The predicted octanol–water partition coefficient (Wildman–Crippen LogP) is 5.80. The van der Waals surface area contributed by atoms with Gasteiger partial charge in [0, 0.05) is 30.7 Å². The Morgan fingerprint density at radius 1 is 1.05 bits per heavy atom. The smallest absolute Gasteiger partial charge is 0.454 e. The Morgan fingerprint density at radius 2 is 1.57 bits per heavy atom. The number of benzene rings is 2. The molecule has 0 amide bonds. The number of likely N-dealkylation sites (tertiary alicyclic amines) is 1. The van der Waals surface area contributed by atoms with Crippen LogP contribution in [0.1, 0.15) is 39.5 Å². The normalized spacial score (nSPS) is 18.7. The van der Waals surface area contributed by atoms with E-state index in [9.17, 15) is 22.0 Å². The van der Waals surface area contributed by atoms with Gasteiger partial charge in [-0.05, 0) is 81.0 Å². The van der Waals surface area contributed by atoms with Gasteiger partial charge in [-0.3, -0.25) is 4.79 Å². The molecule has 1 saturated heterocycles. The lowest BCUT2D eigenvalue weighted by Crippen LogP contribution is -2.56. The number of halogens is 3. The summed E-state index contributed by atoms with van der Waals surface area (Å²) in [5, 5.41) is 0. The third kappa shape index (κ3) is 5.99. The molecule has 0 radical (unpaired) electrons. The minimum Gasteiger partial charge on any atom is -0.454 e. The molecule has 37 heavy (non-hydrogen) atoms. The minimum atomic E-state index is -4.11. The molecule has 200 valence electrons. The SMILES string of the molecule is C=CC(C)(C)OC(=O)C1(S(=O)(=O)c2ccc(-c3ccc(OC(F)(F)Cl)cc3)cc2)CCN(C2CC2)CC1. The maximum Gasteiger partial charge on any atom is 0.487 e. The summed E-state index contributed by atoms with van der Waals surface area (Å²) >= 11 is 4.80. The van der Waals surface area contributed by atoms with Crippen LogP contribution in [0.5, 0.6) is 5.75 Å². The van der Waals surface area contributed by atoms with Crippen molar-refractivity contribution < 1.29 is 31.5 Å². The molecule has 1 heterocycles. The number of rotatable bonds is 9. The number of esters is 1. The average molecular weight is 554 g/mol. The molecule has 2 aliphatic rings. The summed E-state index contributed by atoms with van der Waals surface area (Å²) in [6.45, 7) is 8.02. The topological polar surface area (TPSA) is 72.9 Å². The lowest BCUT2D eigenvalue weighted by Gasteiger charge is -2.40. The molecule has 0 atom stereocenters. The maximum atomic E-state index is 14.0. The summed E-state index contributed by atoms with van der Waals surface area (Å²) in [6, 6.07) is 12.4. The van der Waals surface area contributed by atoms with Crippen molar-refractivity contribution in [3.8, 4) is 16.9 Å². The third-order valence-electron chi connectivity index (χ3n) is 6.99. The number of sulfone groups is 1. The van der Waals surface area contributed by atoms with Gasteiger partial charge in [-0.15, -0.1) is 8.78 Å². The van der Waals surface area contributed by atoms with Crippen molar-refractivity contribution in [3.63, 3.8) is 0 Å². The molecule has 0 bridgehead atoms. The van der Waals surface area contributed by atoms with Crippen molar-refractivity contribution in [2.45, 2.75) is 66.4 Å². The summed E-state index contributed by atoms with van der Waals surface area (Å²) in [5.74, 6) is -0.869. The first-order valence-electron chi connectivity index (χ1n) is 12.1. The van der Waals surface area contributed by atoms with Gasteiger partial charge in [-0.2, -0.15) is 0 Å². The number of hydrogen-bond acceptors (Lipinski definition) is 6. The fraction of sp³-hybridized carbons (Fsp3) is 0.444. The maximum absolute atomic E-state index is 14.0. The predicted molar refractivity (Wildman–Crippen MR) is 137 cm³/mol. The van der Waals surface area contributed by atoms with Crippen molar-refractivity contribution in [1.29, 1.82) is 0 Å². The van der Waals surface area contributed by atoms with Crippen LogP contribution in [0.4, 0.5) is 8.78 Å². The average Bonchev–Trinajstić information content (AvgIpc) is 3.69. The van der Waals surface area contributed by atoms with Crippen molar-refractivity contribution in [2.75, 3.05) is 13.1 Å². The quantitative estimate of drug-likeness (QED) is 0.222. The van der Waals surface area contributed by atoms with Crippen LogP contribution < -0.4 is 4.74 Å². The van der Waals surface area contributed by atoms with Crippen LogP contribution in [0.3, 0.4) is 0 Å². The number of carbonyl (C=O) groups is 1. The zero-order chi connectivity index (χ0) is 27.1. The summed E-state index contributed by atoms with van der Waals surface area (Å²) in [5.41, 5.74) is -3.50. The summed E-state index contributed by atoms with van der Waals surface area (Å²) < 4.78 is 62.0. The molecule has 2 aromatic carbocycles. The number of alkyl halides is 3. The van der Waals surface area contributed by atoms with Gasteiger partial charge in [0.2, 0.25) is 0 Å². The first-order chi connectivity index (χ1) is 17.3. The summed E-state index contributed by atoms with van der Waals surface area (Å²) in [4.78, 5) is 15.7. The molecular formula is C27H30ClF2NO5S. The molecule has 1 saturated carbocycles. The van der Waals surface area contributed by atoms with E-state index in [1.807, 2.05) is 0 Å². The molecule has 0 spiro atoms. The van der Waals surface area contributed by atoms with Crippen LogP contribution >= 0.6 is 11.6 Å². The van der Waals surface area contributed by atoms with Crippen molar-refractivity contribution in [3.05, 3.63) is 61.2 Å². The molecule has 2 aromatic rings. The summed E-state index contributed by atoms with van der Waals surface area (Å²) in [7, 11) is -4.11. The van der Waals surface area contributed by atoms with Gasteiger partial charge < -0.3 is 14.4 Å². The number of carbonyl (C=O) groups excluding carboxylic acids is 1. The lowest BCUT2D eigenvalue weighted by atomic mass is 9.95. The number of ether oxygens (including phenoxy) is 2. The second kappa shape index (κ2) is 10.0. The van der Waals surface area contributed by atoms with E-state index in [0.717, 1.165) is 12.8 Å². The fourth-order valence-electron chi connectivity index (χ4n) is 4.55. The molecule has 2 fully saturated rings. The monoisotopic (exact) mass is 553 g/mol. The fourth-order valence-corrected chi connectivity index (χ4v) is 6.56. The zero-order valence-corrected chi connectivity index (χ0v) is 22.3. The molecular weight excluding hydrogens is 524 g/mol. The Labute approximate surface area is 221 Å². The molecule has 0 aromatic heterocycles. The highest BCUT2D eigenvalue weighted by Gasteiger charge is 2.56. The van der Waals surface area contributed by atoms with Gasteiger partial charge in [0.25, 0.3) is 0 Å². The van der Waals surface area contributed by atoms with E-state index in [2.05, 4.69) is 16.2 Å². The van der Waals surface area contributed by atoms with E-state index in [1.165, 1.54) is 30.3 Å². The first-order valence-corrected chi connectivity index (χ1v) is 13.9. The molecule has 4 rings (SSSR count). The molecule has 1 aliphatic carbocycles. The number of nitrogens with zero attached hydrogens (tertiary/aromatic N) is 1. The van der Waals surface area contributed by atoms with E-state index >= 15 is 0 Å².